The van der Waals surface area contributed by atoms with Gasteiger partial charge < -0.3 is 19.6 Å². The summed E-state index contributed by atoms with van der Waals surface area (Å²) < 4.78 is 5.67. The van der Waals surface area contributed by atoms with Gasteiger partial charge in [0.1, 0.15) is 12.3 Å². The Labute approximate surface area is 134 Å². The highest BCUT2D eigenvalue weighted by atomic mass is 16.5. The summed E-state index contributed by atoms with van der Waals surface area (Å²) in [7, 11) is 1.43. The molecule has 1 aliphatic heterocycles. The molecule has 2 rings (SSSR count). The van der Waals surface area contributed by atoms with E-state index in [0.29, 0.717) is 17.9 Å². The number of hydrogen-bond donors (Lipinski definition) is 1. The van der Waals surface area contributed by atoms with E-state index in [-0.39, 0.29) is 31.3 Å². The quantitative estimate of drug-likeness (QED) is 0.849. The third-order valence-electron chi connectivity index (χ3n) is 3.68. The van der Waals surface area contributed by atoms with Gasteiger partial charge in [-0.25, -0.2) is 0 Å². The molecule has 1 aromatic carbocycles. The average molecular weight is 320 g/mol. The van der Waals surface area contributed by atoms with E-state index < -0.39 is 12.1 Å². The summed E-state index contributed by atoms with van der Waals surface area (Å²) in [4.78, 5) is 37.8. The van der Waals surface area contributed by atoms with Crippen molar-refractivity contribution in [2.24, 2.45) is 0 Å². The lowest BCUT2D eigenvalue weighted by atomic mass is 10.1. The normalized spacial score (nSPS) is 16.5. The van der Waals surface area contributed by atoms with Crippen LogP contribution in [0.3, 0.4) is 0 Å². The van der Waals surface area contributed by atoms with Gasteiger partial charge in [0.15, 0.2) is 6.10 Å². The molecule has 0 saturated heterocycles. The van der Waals surface area contributed by atoms with Crippen molar-refractivity contribution in [1.29, 1.82) is 0 Å². The Kier molecular flexibility index (Phi) is 5.20. The number of para-hydroxylation sites is 2. The fraction of sp³-hybridized carbons (Fsp3) is 0.438. The van der Waals surface area contributed by atoms with E-state index >= 15 is 0 Å². The molecule has 1 aromatic rings. The molecule has 0 fully saturated rings. The molecule has 0 aliphatic carbocycles. The average Bonchev–Trinajstić information content (AvgIpc) is 2.52. The van der Waals surface area contributed by atoms with E-state index in [1.165, 1.54) is 7.05 Å². The van der Waals surface area contributed by atoms with Crippen molar-refractivity contribution in [3.05, 3.63) is 24.3 Å². The van der Waals surface area contributed by atoms with Crippen molar-refractivity contribution < 1.29 is 24.2 Å². The summed E-state index contributed by atoms with van der Waals surface area (Å²) >= 11 is 0. The van der Waals surface area contributed by atoms with Gasteiger partial charge >= 0.3 is 5.97 Å². The van der Waals surface area contributed by atoms with Gasteiger partial charge in [-0.05, 0) is 18.6 Å². The molecule has 1 atom stereocenters. The van der Waals surface area contributed by atoms with Crippen molar-refractivity contribution in [2.75, 3.05) is 25.0 Å². The molecule has 2 amide bonds. The van der Waals surface area contributed by atoms with E-state index in [0.717, 1.165) is 4.90 Å². The topological polar surface area (TPSA) is 87.2 Å². The van der Waals surface area contributed by atoms with Gasteiger partial charge in [0.25, 0.3) is 5.91 Å². The minimum atomic E-state index is -1.07. The van der Waals surface area contributed by atoms with E-state index in [1.54, 1.807) is 23.1 Å². The first kappa shape index (κ1) is 16.8. The highest BCUT2D eigenvalue weighted by Crippen LogP contribution is 2.34. The van der Waals surface area contributed by atoms with Crippen LogP contribution in [0, 0.1) is 0 Å². The monoisotopic (exact) mass is 320 g/mol. The number of nitrogens with zero attached hydrogens (tertiary/aromatic N) is 2. The Balaban J connectivity index is 2.10. The maximum atomic E-state index is 12.5. The van der Waals surface area contributed by atoms with Crippen molar-refractivity contribution >= 4 is 23.5 Å². The molecule has 0 saturated carbocycles. The number of anilines is 1. The van der Waals surface area contributed by atoms with Crippen LogP contribution >= 0.6 is 0 Å². The number of carboxylic acid groups (broad SMARTS) is 1. The summed E-state index contributed by atoms with van der Waals surface area (Å²) in [6, 6.07) is 7.18. The Hall–Kier alpha value is -2.57. The smallest absolute Gasteiger partial charge is 0.323 e. The van der Waals surface area contributed by atoms with Crippen molar-refractivity contribution in [1.82, 2.24) is 4.90 Å². The molecule has 7 heteroatoms. The second kappa shape index (κ2) is 7.13. The Bertz CT molecular complexity index is 616. The number of ether oxygens (including phenoxy) is 1. The Morgan fingerprint density at radius 2 is 2.04 bits per heavy atom. The van der Waals surface area contributed by atoms with Gasteiger partial charge in [-0.1, -0.05) is 19.1 Å². The zero-order valence-electron chi connectivity index (χ0n) is 13.2. The molecule has 1 aliphatic rings. The SMILES string of the molecule is CCC1Oc2ccccc2N(CCC(=O)N(C)CC(=O)O)C1=O. The second-order valence-electron chi connectivity index (χ2n) is 5.37. The molecule has 0 bridgehead atoms. The third kappa shape index (κ3) is 3.80. The molecule has 0 aromatic heterocycles. The van der Waals surface area contributed by atoms with Gasteiger partial charge in [0.05, 0.1) is 5.69 Å². The molecule has 0 spiro atoms. The highest BCUT2D eigenvalue weighted by Gasteiger charge is 2.33. The number of fused-ring (bicyclic) bond motifs is 1. The molecule has 1 unspecified atom stereocenters. The van der Waals surface area contributed by atoms with Crippen LogP contribution in [0.2, 0.25) is 0 Å². The predicted molar refractivity (Wildman–Crippen MR) is 83.4 cm³/mol. The number of carbonyl (C=O) groups is 3. The molecule has 0 radical (unpaired) electrons. The van der Waals surface area contributed by atoms with E-state index in [4.69, 9.17) is 9.84 Å². The third-order valence-corrected chi connectivity index (χ3v) is 3.68. The largest absolute Gasteiger partial charge is 0.480 e. The fourth-order valence-corrected chi connectivity index (χ4v) is 2.45. The minimum absolute atomic E-state index is 0.0558. The number of benzene rings is 1. The highest BCUT2D eigenvalue weighted by molar-refractivity contribution is 6.00. The first-order valence-electron chi connectivity index (χ1n) is 7.46. The zero-order chi connectivity index (χ0) is 17.0. The molecule has 1 N–H and O–H groups in total. The lowest BCUT2D eigenvalue weighted by Crippen LogP contribution is -2.47. The predicted octanol–water partition coefficient (Wildman–Crippen LogP) is 1.12. The number of rotatable bonds is 6. The molecule has 23 heavy (non-hydrogen) atoms. The Morgan fingerprint density at radius 1 is 1.35 bits per heavy atom. The fourth-order valence-electron chi connectivity index (χ4n) is 2.45. The lowest BCUT2D eigenvalue weighted by Gasteiger charge is -2.34. The number of carbonyl (C=O) groups excluding carboxylic acids is 2. The maximum Gasteiger partial charge on any atom is 0.323 e. The van der Waals surface area contributed by atoms with Gasteiger partial charge in [-0.3, -0.25) is 14.4 Å². The van der Waals surface area contributed by atoms with E-state index in [1.807, 2.05) is 13.0 Å². The first-order valence-corrected chi connectivity index (χ1v) is 7.46. The van der Waals surface area contributed by atoms with Gasteiger partial charge in [-0.2, -0.15) is 0 Å². The van der Waals surface area contributed by atoms with Crippen LogP contribution in [-0.2, 0) is 14.4 Å². The summed E-state index contributed by atoms with van der Waals surface area (Å²) in [5.41, 5.74) is 0.635. The van der Waals surface area contributed by atoms with Crippen LogP contribution < -0.4 is 9.64 Å². The Morgan fingerprint density at radius 3 is 2.70 bits per heavy atom. The van der Waals surface area contributed by atoms with Crippen molar-refractivity contribution in [3.63, 3.8) is 0 Å². The summed E-state index contributed by atoms with van der Waals surface area (Å²) in [6.45, 7) is 1.70. The van der Waals surface area contributed by atoms with Crippen LogP contribution in [0.1, 0.15) is 19.8 Å². The van der Waals surface area contributed by atoms with Crippen LogP contribution in [0.4, 0.5) is 5.69 Å². The molecular weight excluding hydrogens is 300 g/mol. The van der Waals surface area contributed by atoms with Crippen molar-refractivity contribution in [2.45, 2.75) is 25.9 Å². The van der Waals surface area contributed by atoms with Gasteiger partial charge in [0, 0.05) is 20.0 Å². The van der Waals surface area contributed by atoms with E-state index in [2.05, 4.69) is 0 Å². The molecular formula is C16H20N2O5. The van der Waals surface area contributed by atoms with Gasteiger partial charge in [-0.15, -0.1) is 0 Å². The molecule has 1 heterocycles. The number of carboxylic acids is 1. The summed E-state index contributed by atoms with van der Waals surface area (Å²) in [5.74, 6) is -0.956. The second-order valence-corrected chi connectivity index (χ2v) is 5.37. The van der Waals surface area contributed by atoms with Gasteiger partial charge in [0.2, 0.25) is 5.91 Å². The van der Waals surface area contributed by atoms with Crippen LogP contribution in [-0.4, -0.2) is 54.0 Å². The lowest BCUT2D eigenvalue weighted by molar-refractivity contribution is -0.143. The van der Waals surface area contributed by atoms with Crippen molar-refractivity contribution in [3.8, 4) is 5.75 Å². The number of hydrogen-bond acceptors (Lipinski definition) is 4. The zero-order valence-corrected chi connectivity index (χ0v) is 13.2. The van der Waals surface area contributed by atoms with Crippen LogP contribution in [0.25, 0.3) is 0 Å². The number of aliphatic carboxylic acids is 1. The number of likely N-dealkylation sites (N-methyl/N-ethyl adjacent to an activating group) is 1. The van der Waals surface area contributed by atoms with Crippen LogP contribution in [0.15, 0.2) is 24.3 Å². The molecule has 7 nitrogen and oxygen atoms in total. The molecule has 124 valence electrons. The maximum absolute atomic E-state index is 12.5. The summed E-state index contributed by atoms with van der Waals surface area (Å²) in [6.07, 6.45) is 0.0355. The first-order chi connectivity index (χ1) is 10.9. The standard InChI is InChI=1S/C16H20N2O5/c1-3-12-16(22)18(11-6-4-5-7-13(11)23-12)9-8-14(19)17(2)10-15(20)21/h4-7,12H,3,8-10H2,1-2H3,(H,20,21). The van der Waals surface area contributed by atoms with E-state index in [9.17, 15) is 14.4 Å². The number of amides is 2. The van der Waals surface area contributed by atoms with Crippen LogP contribution in [0.5, 0.6) is 5.75 Å². The minimum Gasteiger partial charge on any atom is -0.480 e. The summed E-state index contributed by atoms with van der Waals surface area (Å²) in [5, 5.41) is 8.71.